The molecule has 1 amide bonds. The summed E-state index contributed by atoms with van der Waals surface area (Å²) in [5, 5.41) is 3.00. The van der Waals surface area contributed by atoms with Gasteiger partial charge in [0.05, 0.1) is 6.54 Å². The van der Waals surface area contributed by atoms with Gasteiger partial charge in [0, 0.05) is 18.0 Å². The minimum atomic E-state index is 0.0892. The number of carbonyl (C=O) groups excluding carboxylic acids is 1. The van der Waals surface area contributed by atoms with Crippen LogP contribution in [0.2, 0.25) is 0 Å². The van der Waals surface area contributed by atoms with Crippen molar-refractivity contribution in [3.05, 3.63) is 65.7 Å². The van der Waals surface area contributed by atoms with Gasteiger partial charge in [0.25, 0.3) is 0 Å². The number of hydrogen-bond donors (Lipinski definition) is 1. The van der Waals surface area contributed by atoms with E-state index >= 15 is 0 Å². The summed E-state index contributed by atoms with van der Waals surface area (Å²) in [6, 6.07) is 18.9. The van der Waals surface area contributed by atoms with E-state index in [4.69, 9.17) is 0 Å². The largest absolute Gasteiger partial charge is 0.355 e. The number of benzene rings is 2. The van der Waals surface area contributed by atoms with E-state index in [1.54, 1.807) is 11.8 Å². The van der Waals surface area contributed by atoms with E-state index in [1.165, 1.54) is 16.0 Å². The van der Waals surface area contributed by atoms with Crippen molar-refractivity contribution in [3.8, 4) is 0 Å². The Morgan fingerprint density at radius 1 is 1.04 bits per heavy atom. The van der Waals surface area contributed by atoms with Crippen molar-refractivity contribution in [3.63, 3.8) is 0 Å². The molecule has 0 heterocycles. The van der Waals surface area contributed by atoms with Crippen molar-refractivity contribution < 1.29 is 4.79 Å². The molecule has 4 heteroatoms. The minimum absolute atomic E-state index is 0.0892. The highest BCUT2D eigenvalue weighted by Crippen LogP contribution is 2.15. The number of likely N-dealkylation sites (N-methyl/N-ethyl adjacent to an activating group) is 1. The van der Waals surface area contributed by atoms with Crippen LogP contribution in [0.3, 0.4) is 0 Å². The lowest BCUT2D eigenvalue weighted by Crippen LogP contribution is -2.35. The second kappa shape index (κ2) is 10.2. The summed E-state index contributed by atoms with van der Waals surface area (Å²) in [4.78, 5) is 15.3. The van der Waals surface area contributed by atoms with Crippen LogP contribution in [0.4, 0.5) is 0 Å². The Balaban J connectivity index is 1.64. The van der Waals surface area contributed by atoms with Gasteiger partial charge in [-0.3, -0.25) is 9.69 Å². The lowest BCUT2D eigenvalue weighted by Gasteiger charge is -2.16. The first kappa shape index (κ1) is 18.6. The zero-order chi connectivity index (χ0) is 17.2. The van der Waals surface area contributed by atoms with E-state index < -0.39 is 0 Å². The predicted molar refractivity (Wildman–Crippen MR) is 102 cm³/mol. The molecule has 0 aromatic heterocycles. The predicted octanol–water partition coefficient (Wildman–Crippen LogP) is 3.59. The Kier molecular flexibility index (Phi) is 7.86. The summed E-state index contributed by atoms with van der Waals surface area (Å²) in [6.07, 6.45) is 4.04. The summed E-state index contributed by atoms with van der Waals surface area (Å²) >= 11 is 1.74. The molecule has 0 fully saturated rings. The molecule has 0 saturated heterocycles. The molecule has 0 aliphatic rings. The van der Waals surface area contributed by atoms with E-state index in [9.17, 15) is 4.79 Å². The van der Waals surface area contributed by atoms with Gasteiger partial charge in [-0.2, -0.15) is 0 Å². The van der Waals surface area contributed by atoms with Gasteiger partial charge in [0.2, 0.25) is 5.91 Å². The van der Waals surface area contributed by atoms with Crippen LogP contribution in [0.25, 0.3) is 0 Å². The number of aryl methyl sites for hydroxylation is 1. The number of thioether (sulfide) groups is 1. The third-order valence-corrected chi connectivity index (χ3v) is 4.58. The van der Waals surface area contributed by atoms with Crippen molar-refractivity contribution in [1.29, 1.82) is 0 Å². The van der Waals surface area contributed by atoms with E-state index in [0.29, 0.717) is 6.54 Å². The molecule has 128 valence electrons. The Morgan fingerprint density at radius 3 is 2.42 bits per heavy atom. The number of nitrogens with one attached hydrogen (secondary N) is 1. The highest BCUT2D eigenvalue weighted by molar-refractivity contribution is 7.98. The van der Waals surface area contributed by atoms with E-state index in [-0.39, 0.29) is 5.91 Å². The summed E-state index contributed by atoms with van der Waals surface area (Å²) in [5.41, 5.74) is 2.55. The van der Waals surface area contributed by atoms with Crippen molar-refractivity contribution >= 4 is 17.7 Å². The van der Waals surface area contributed by atoms with Gasteiger partial charge >= 0.3 is 0 Å². The SMILES string of the molecule is CSc1ccc(CN(C)CC(=O)NCCCc2ccccc2)cc1. The molecule has 2 rings (SSSR count). The molecule has 0 aliphatic heterocycles. The third kappa shape index (κ3) is 6.77. The Morgan fingerprint density at radius 2 is 1.75 bits per heavy atom. The highest BCUT2D eigenvalue weighted by atomic mass is 32.2. The van der Waals surface area contributed by atoms with Crippen molar-refractivity contribution in [2.24, 2.45) is 0 Å². The van der Waals surface area contributed by atoms with Crippen LogP contribution in [0.5, 0.6) is 0 Å². The van der Waals surface area contributed by atoms with Gasteiger partial charge in [-0.25, -0.2) is 0 Å². The molecular formula is C20H26N2OS. The summed E-state index contributed by atoms with van der Waals surface area (Å²) in [7, 11) is 1.98. The molecule has 1 N–H and O–H groups in total. The molecule has 0 spiro atoms. The monoisotopic (exact) mass is 342 g/mol. The number of nitrogens with zero attached hydrogens (tertiary/aromatic N) is 1. The summed E-state index contributed by atoms with van der Waals surface area (Å²) < 4.78 is 0. The van der Waals surface area contributed by atoms with Gasteiger partial charge < -0.3 is 5.32 Å². The number of rotatable bonds is 9. The quantitative estimate of drug-likeness (QED) is 0.558. The smallest absolute Gasteiger partial charge is 0.234 e. The van der Waals surface area contributed by atoms with Crippen LogP contribution in [-0.2, 0) is 17.8 Å². The second-order valence-electron chi connectivity index (χ2n) is 5.96. The number of carbonyl (C=O) groups is 1. The van der Waals surface area contributed by atoms with Crippen LogP contribution in [0.1, 0.15) is 17.5 Å². The average molecular weight is 343 g/mol. The normalized spacial score (nSPS) is 10.8. The third-order valence-electron chi connectivity index (χ3n) is 3.83. The summed E-state index contributed by atoms with van der Waals surface area (Å²) in [6.45, 7) is 1.94. The molecule has 0 atom stereocenters. The Bertz CT molecular complexity index is 613. The van der Waals surface area contributed by atoms with Crippen LogP contribution < -0.4 is 5.32 Å². The maximum Gasteiger partial charge on any atom is 0.234 e. The zero-order valence-corrected chi connectivity index (χ0v) is 15.3. The van der Waals surface area contributed by atoms with Gasteiger partial charge in [0.1, 0.15) is 0 Å². The van der Waals surface area contributed by atoms with Crippen molar-refractivity contribution in [2.45, 2.75) is 24.3 Å². The maximum atomic E-state index is 12.0. The molecule has 0 radical (unpaired) electrons. The molecular weight excluding hydrogens is 316 g/mol. The van der Waals surface area contributed by atoms with Gasteiger partial charge in [-0.15, -0.1) is 11.8 Å². The van der Waals surface area contributed by atoms with Gasteiger partial charge in [0.15, 0.2) is 0 Å². The molecule has 0 saturated carbocycles. The topological polar surface area (TPSA) is 32.3 Å². The zero-order valence-electron chi connectivity index (χ0n) is 14.5. The molecule has 3 nitrogen and oxygen atoms in total. The van der Waals surface area contributed by atoms with E-state index in [1.807, 2.05) is 18.0 Å². The van der Waals surface area contributed by atoms with Gasteiger partial charge in [-0.1, -0.05) is 42.5 Å². The first-order chi connectivity index (χ1) is 11.7. The lowest BCUT2D eigenvalue weighted by atomic mass is 10.1. The fourth-order valence-corrected chi connectivity index (χ4v) is 2.97. The number of hydrogen-bond acceptors (Lipinski definition) is 3. The Labute approximate surface area is 149 Å². The summed E-state index contributed by atoms with van der Waals surface area (Å²) in [5.74, 6) is 0.0892. The fourth-order valence-electron chi connectivity index (χ4n) is 2.56. The molecule has 0 unspecified atom stereocenters. The van der Waals surface area contributed by atoms with Crippen molar-refractivity contribution in [2.75, 3.05) is 26.4 Å². The van der Waals surface area contributed by atoms with E-state index in [2.05, 4.69) is 60.1 Å². The number of amides is 1. The highest BCUT2D eigenvalue weighted by Gasteiger charge is 2.06. The lowest BCUT2D eigenvalue weighted by molar-refractivity contribution is -0.122. The van der Waals surface area contributed by atoms with Crippen LogP contribution in [0, 0.1) is 0 Å². The molecule has 2 aromatic carbocycles. The standard InChI is InChI=1S/C20H26N2OS/c1-22(15-18-10-12-19(24-2)13-11-18)16-20(23)21-14-6-9-17-7-4-3-5-8-17/h3-5,7-8,10-13H,6,9,14-16H2,1-2H3,(H,21,23). The first-order valence-electron chi connectivity index (χ1n) is 8.29. The van der Waals surface area contributed by atoms with Crippen LogP contribution in [-0.4, -0.2) is 37.2 Å². The minimum Gasteiger partial charge on any atom is -0.355 e. The second-order valence-corrected chi connectivity index (χ2v) is 6.84. The average Bonchev–Trinajstić information content (AvgIpc) is 2.60. The molecule has 0 bridgehead atoms. The van der Waals surface area contributed by atoms with Crippen molar-refractivity contribution in [1.82, 2.24) is 10.2 Å². The van der Waals surface area contributed by atoms with Crippen LogP contribution in [0.15, 0.2) is 59.5 Å². The van der Waals surface area contributed by atoms with Gasteiger partial charge in [-0.05, 0) is 49.4 Å². The van der Waals surface area contributed by atoms with Crippen LogP contribution >= 0.6 is 11.8 Å². The maximum absolute atomic E-state index is 12.0. The Hall–Kier alpha value is -1.78. The molecule has 2 aromatic rings. The van der Waals surface area contributed by atoms with E-state index in [0.717, 1.165) is 25.9 Å². The molecule has 0 aliphatic carbocycles. The first-order valence-corrected chi connectivity index (χ1v) is 9.52. The molecule has 24 heavy (non-hydrogen) atoms. The fraction of sp³-hybridized carbons (Fsp3) is 0.350.